The second-order valence-corrected chi connectivity index (χ2v) is 15.6. The third kappa shape index (κ3) is 7.27. The Bertz CT molecular complexity index is 2280. The zero-order valence-electron chi connectivity index (χ0n) is 32.4. The summed E-state index contributed by atoms with van der Waals surface area (Å²) in [6.45, 7) is 2.05. The van der Waals surface area contributed by atoms with Crippen molar-refractivity contribution in [2.75, 3.05) is 27.2 Å². The highest BCUT2D eigenvalue weighted by atomic mass is 16.5. The molecular formula is C50H50N4O2. The van der Waals surface area contributed by atoms with Gasteiger partial charge in [0.05, 0.1) is 12.1 Å². The molecule has 6 heteroatoms. The molecule has 6 aromatic carbocycles. The molecule has 6 nitrogen and oxygen atoms in total. The number of aromatic nitrogens is 2. The van der Waals surface area contributed by atoms with E-state index >= 15 is 0 Å². The number of piperidine rings is 2. The third-order valence-corrected chi connectivity index (χ3v) is 12.0. The molecule has 9 rings (SSSR count). The van der Waals surface area contributed by atoms with E-state index in [1.165, 1.54) is 45.5 Å². The lowest BCUT2D eigenvalue weighted by Crippen LogP contribution is -2.43. The molecule has 0 aliphatic carbocycles. The number of likely N-dealkylation sites (N-methyl/N-ethyl adjacent to an activating group) is 2. The van der Waals surface area contributed by atoms with Gasteiger partial charge >= 0.3 is 0 Å². The van der Waals surface area contributed by atoms with Crippen molar-refractivity contribution in [2.45, 2.75) is 62.8 Å². The van der Waals surface area contributed by atoms with Gasteiger partial charge in [0, 0.05) is 16.7 Å². The van der Waals surface area contributed by atoms with Crippen molar-refractivity contribution in [1.29, 1.82) is 0 Å². The summed E-state index contributed by atoms with van der Waals surface area (Å²) in [5.74, 6) is 1.65. The average Bonchev–Trinajstić information content (AvgIpc) is 3.25. The van der Waals surface area contributed by atoms with Crippen LogP contribution < -0.4 is 9.47 Å². The van der Waals surface area contributed by atoms with E-state index in [4.69, 9.17) is 19.4 Å². The molecular weight excluding hydrogens is 689 g/mol. The topological polar surface area (TPSA) is 50.7 Å². The van der Waals surface area contributed by atoms with Gasteiger partial charge < -0.3 is 9.47 Å². The molecule has 1 aromatic heterocycles. The molecule has 2 aliphatic heterocycles. The van der Waals surface area contributed by atoms with Gasteiger partial charge in [-0.1, -0.05) is 158 Å². The number of benzene rings is 6. The van der Waals surface area contributed by atoms with Crippen LogP contribution in [0.2, 0.25) is 0 Å². The van der Waals surface area contributed by atoms with E-state index in [0.717, 1.165) is 55.5 Å². The predicted molar refractivity (Wildman–Crippen MR) is 228 cm³/mol. The molecule has 2 unspecified atom stereocenters. The monoisotopic (exact) mass is 738 g/mol. The first-order valence-electron chi connectivity index (χ1n) is 20.3. The third-order valence-electron chi connectivity index (χ3n) is 12.0. The molecule has 4 atom stereocenters. The van der Waals surface area contributed by atoms with Gasteiger partial charge in [-0.25, -0.2) is 0 Å². The fourth-order valence-electron chi connectivity index (χ4n) is 9.06. The molecule has 56 heavy (non-hydrogen) atoms. The predicted octanol–water partition coefficient (Wildman–Crippen LogP) is 11.3. The molecule has 3 heterocycles. The van der Waals surface area contributed by atoms with Crippen LogP contribution in [0.15, 0.2) is 146 Å². The van der Waals surface area contributed by atoms with Crippen molar-refractivity contribution >= 4 is 21.5 Å². The second kappa shape index (κ2) is 16.3. The molecule has 0 N–H and O–H groups in total. The Hall–Kier alpha value is -5.56. The highest BCUT2D eigenvalue weighted by Crippen LogP contribution is 2.45. The normalized spacial score (nSPS) is 19.1. The van der Waals surface area contributed by atoms with Crippen LogP contribution in [-0.4, -0.2) is 59.0 Å². The number of nitrogens with zero attached hydrogens (tertiary/aromatic N) is 4. The summed E-state index contributed by atoms with van der Waals surface area (Å²) in [5, 5.41) is 4.80. The van der Waals surface area contributed by atoms with Crippen LogP contribution in [0, 0.1) is 0 Å². The Kier molecular flexibility index (Phi) is 10.5. The summed E-state index contributed by atoms with van der Waals surface area (Å²) in [4.78, 5) is 15.7. The Morgan fingerprint density at radius 1 is 0.482 bits per heavy atom. The molecule has 0 radical (unpaired) electrons. The molecule has 7 aromatic rings. The minimum Gasteiger partial charge on any atom is -0.467 e. The first-order chi connectivity index (χ1) is 27.6. The highest BCUT2D eigenvalue weighted by Gasteiger charge is 2.36. The Morgan fingerprint density at radius 3 is 1.39 bits per heavy atom. The zero-order chi connectivity index (χ0) is 37.8. The fraction of sp³-hybridized carbons (Fsp3) is 0.280. The maximum atomic E-state index is 7.55. The Labute approximate surface area is 330 Å². The standard InChI is InChI=1S/C50H50N4O2/c1-53-33-15-13-31-43(53)46(41-29-17-25-35-19-9-11-27-39(35)41)55-49-45(37-21-5-3-6-22-37)50(52-48(51-49)38-23-7-4-8-24-38)56-47(44-32-14-16-34-54(44)2)42-30-18-26-36-20-10-12-28-40(36)42/h3-12,17-30,43-44,46-47H,13-16,31-34H2,1-2H3/t43-,44-,46?,47?/m0/s1. The quantitative estimate of drug-likeness (QED) is 0.139. The van der Waals surface area contributed by atoms with Crippen LogP contribution in [-0.2, 0) is 0 Å². The van der Waals surface area contributed by atoms with E-state index in [2.05, 4.69) is 151 Å². The average molecular weight is 739 g/mol. The van der Waals surface area contributed by atoms with Gasteiger partial charge in [0.1, 0.15) is 17.8 Å². The molecule has 0 bridgehead atoms. The molecule has 2 fully saturated rings. The van der Waals surface area contributed by atoms with Crippen LogP contribution in [0.1, 0.15) is 61.9 Å². The lowest BCUT2D eigenvalue weighted by molar-refractivity contribution is 0.0501. The van der Waals surface area contributed by atoms with Gasteiger partial charge in [-0.2, -0.15) is 9.97 Å². The molecule has 2 saturated heterocycles. The van der Waals surface area contributed by atoms with Crippen molar-refractivity contribution in [3.63, 3.8) is 0 Å². The van der Waals surface area contributed by atoms with Crippen LogP contribution in [0.5, 0.6) is 11.8 Å². The van der Waals surface area contributed by atoms with Gasteiger partial charge in [-0.05, 0) is 80.0 Å². The number of hydrogen-bond acceptors (Lipinski definition) is 6. The second-order valence-electron chi connectivity index (χ2n) is 15.6. The van der Waals surface area contributed by atoms with E-state index in [-0.39, 0.29) is 24.3 Å². The van der Waals surface area contributed by atoms with Crippen molar-refractivity contribution in [1.82, 2.24) is 19.8 Å². The Balaban J connectivity index is 1.27. The molecule has 0 saturated carbocycles. The smallest absolute Gasteiger partial charge is 0.229 e. The van der Waals surface area contributed by atoms with Crippen molar-refractivity contribution < 1.29 is 9.47 Å². The number of rotatable bonds is 10. The van der Waals surface area contributed by atoms with Crippen molar-refractivity contribution in [3.05, 3.63) is 157 Å². The Morgan fingerprint density at radius 2 is 0.911 bits per heavy atom. The fourth-order valence-corrected chi connectivity index (χ4v) is 9.06. The maximum Gasteiger partial charge on any atom is 0.229 e. The largest absolute Gasteiger partial charge is 0.467 e. The summed E-state index contributed by atoms with van der Waals surface area (Å²) in [6.07, 6.45) is 6.14. The molecule has 282 valence electrons. The van der Waals surface area contributed by atoms with E-state index in [0.29, 0.717) is 17.6 Å². The molecule has 2 aliphatic rings. The van der Waals surface area contributed by atoms with E-state index < -0.39 is 0 Å². The van der Waals surface area contributed by atoms with E-state index in [9.17, 15) is 0 Å². The van der Waals surface area contributed by atoms with Crippen LogP contribution in [0.3, 0.4) is 0 Å². The first kappa shape index (κ1) is 36.1. The van der Waals surface area contributed by atoms with Gasteiger partial charge in [-0.15, -0.1) is 0 Å². The first-order valence-corrected chi connectivity index (χ1v) is 20.3. The highest BCUT2D eigenvalue weighted by molar-refractivity contribution is 5.87. The summed E-state index contributed by atoms with van der Waals surface area (Å²) in [5.41, 5.74) is 4.98. The van der Waals surface area contributed by atoms with Crippen molar-refractivity contribution in [3.8, 4) is 34.3 Å². The summed E-state index contributed by atoms with van der Waals surface area (Å²) < 4.78 is 15.1. The number of likely N-dealkylation sites (tertiary alicyclic amines) is 2. The minimum absolute atomic E-state index is 0.150. The van der Waals surface area contributed by atoms with Crippen LogP contribution in [0.4, 0.5) is 0 Å². The van der Waals surface area contributed by atoms with E-state index in [1.807, 2.05) is 18.2 Å². The minimum atomic E-state index is -0.293. The summed E-state index contributed by atoms with van der Waals surface area (Å²) in [6, 6.07) is 51.5. The van der Waals surface area contributed by atoms with Crippen LogP contribution >= 0.6 is 0 Å². The lowest BCUT2D eigenvalue weighted by atomic mass is 9.90. The molecule has 0 amide bonds. The number of fused-ring (bicyclic) bond motifs is 2. The van der Waals surface area contributed by atoms with Gasteiger partial charge in [0.2, 0.25) is 11.8 Å². The van der Waals surface area contributed by atoms with Gasteiger partial charge in [0.15, 0.2) is 5.82 Å². The van der Waals surface area contributed by atoms with Gasteiger partial charge in [-0.3, -0.25) is 9.80 Å². The number of hydrogen-bond donors (Lipinski definition) is 0. The summed E-state index contributed by atoms with van der Waals surface area (Å²) in [7, 11) is 4.48. The maximum absolute atomic E-state index is 7.55. The SMILES string of the molecule is CN1CCCC[C@H]1C(Oc1nc(-c2ccccc2)nc(OC(c2cccc3ccccc23)[C@@H]2CCCCN2C)c1-c1ccccc1)c1cccc2ccccc12. The number of ether oxygens (including phenoxy) is 2. The summed E-state index contributed by atoms with van der Waals surface area (Å²) >= 11 is 0. The zero-order valence-corrected chi connectivity index (χ0v) is 32.4. The lowest BCUT2D eigenvalue weighted by Gasteiger charge is -2.39. The van der Waals surface area contributed by atoms with Gasteiger partial charge in [0.25, 0.3) is 0 Å². The van der Waals surface area contributed by atoms with E-state index in [1.54, 1.807) is 0 Å². The van der Waals surface area contributed by atoms with Crippen LogP contribution in [0.25, 0.3) is 44.1 Å². The molecule has 0 spiro atoms. The van der Waals surface area contributed by atoms with Crippen molar-refractivity contribution in [2.24, 2.45) is 0 Å².